The third-order valence-electron chi connectivity index (χ3n) is 6.80. The van der Waals surface area contributed by atoms with E-state index in [2.05, 4.69) is 4.99 Å². The van der Waals surface area contributed by atoms with Crippen molar-refractivity contribution in [1.29, 1.82) is 0 Å². The third-order valence-corrected chi connectivity index (χ3v) is 7.05. The van der Waals surface area contributed by atoms with Gasteiger partial charge in [0.25, 0.3) is 5.56 Å². The minimum Gasteiger partial charge on any atom is -0.490 e. The summed E-state index contributed by atoms with van der Waals surface area (Å²) >= 11 is 5.99. The molecule has 1 aliphatic heterocycles. The van der Waals surface area contributed by atoms with Crippen LogP contribution in [0, 0.1) is 5.92 Å². The highest BCUT2D eigenvalue weighted by atomic mass is 35.5. The van der Waals surface area contributed by atoms with Crippen LogP contribution in [0.1, 0.15) is 28.7 Å². The lowest BCUT2D eigenvalue weighted by molar-refractivity contribution is -0.143. The molecule has 3 aromatic rings. The molecule has 0 bridgehead atoms. The molecule has 2 aromatic carbocycles. The van der Waals surface area contributed by atoms with Gasteiger partial charge in [-0.2, -0.15) is 31.3 Å². The molecule has 2 heterocycles. The molecule has 4 rings (SSSR count). The molecule has 0 spiro atoms. The minimum atomic E-state index is -5.03. The van der Waals surface area contributed by atoms with Gasteiger partial charge in [-0.15, -0.1) is 0 Å². The first-order chi connectivity index (χ1) is 20.2. The summed E-state index contributed by atoms with van der Waals surface area (Å²) in [5.74, 6) is -0.929. The Labute approximate surface area is 245 Å². The molecule has 1 N–H and O–H groups in total. The van der Waals surface area contributed by atoms with Crippen molar-refractivity contribution in [2.75, 3.05) is 19.8 Å². The maximum absolute atomic E-state index is 13.2. The van der Waals surface area contributed by atoms with Crippen LogP contribution < -0.4 is 16.0 Å². The van der Waals surface area contributed by atoms with Crippen molar-refractivity contribution in [1.82, 2.24) is 9.13 Å². The topological polar surface area (TPSA) is 95.0 Å². The normalized spacial score (nSPS) is 15.5. The fourth-order valence-electron chi connectivity index (χ4n) is 4.68. The van der Waals surface area contributed by atoms with E-state index in [0.717, 1.165) is 14.7 Å². The third kappa shape index (κ3) is 7.60. The SMILES string of the molecule is Cn1c2c(c(=O)n(CCO)c1=O)CCC(Cc1ccc(Cl)cc1)C(OCCOc1cc(C(F)(F)F)cc(C(F)(F)F)c1)=N2. The molecule has 0 saturated carbocycles. The fourth-order valence-corrected chi connectivity index (χ4v) is 4.80. The monoisotopic (exact) mass is 633 g/mol. The van der Waals surface area contributed by atoms with E-state index in [0.29, 0.717) is 30.0 Å². The summed E-state index contributed by atoms with van der Waals surface area (Å²) < 4.78 is 92.3. The second kappa shape index (κ2) is 12.8. The van der Waals surface area contributed by atoms with Crippen LogP contribution in [0.2, 0.25) is 5.02 Å². The maximum atomic E-state index is 13.2. The van der Waals surface area contributed by atoms with Gasteiger partial charge in [-0.1, -0.05) is 23.7 Å². The van der Waals surface area contributed by atoms with Crippen molar-refractivity contribution in [3.63, 3.8) is 0 Å². The van der Waals surface area contributed by atoms with E-state index in [1.807, 2.05) is 0 Å². The summed E-state index contributed by atoms with van der Waals surface area (Å²) in [5, 5.41) is 9.83. The highest BCUT2D eigenvalue weighted by molar-refractivity contribution is 6.30. The van der Waals surface area contributed by atoms with Crippen LogP contribution >= 0.6 is 11.6 Å². The average molecular weight is 634 g/mol. The van der Waals surface area contributed by atoms with Gasteiger partial charge in [0.2, 0.25) is 0 Å². The van der Waals surface area contributed by atoms with Gasteiger partial charge in [0.1, 0.15) is 24.8 Å². The van der Waals surface area contributed by atoms with Crippen LogP contribution in [0.5, 0.6) is 5.75 Å². The summed E-state index contributed by atoms with van der Waals surface area (Å²) in [6, 6.07) is 7.89. The molecule has 1 aromatic heterocycles. The van der Waals surface area contributed by atoms with Gasteiger partial charge >= 0.3 is 18.0 Å². The molecule has 0 fully saturated rings. The number of ether oxygens (including phenoxy) is 2. The zero-order valence-electron chi connectivity index (χ0n) is 22.6. The number of aliphatic imine (C=N–C) groups is 1. The van der Waals surface area contributed by atoms with Crippen molar-refractivity contribution >= 4 is 23.3 Å². The molecule has 0 aliphatic carbocycles. The lowest BCUT2D eigenvalue weighted by Crippen LogP contribution is -2.41. The van der Waals surface area contributed by atoms with Crippen molar-refractivity contribution in [3.05, 3.63) is 90.6 Å². The molecule has 0 amide bonds. The van der Waals surface area contributed by atoms with E-state index in [1.54, 1.807) is 24.3 Å². The highest BCUT2D eigenvalue weighted by Gasteiger charge is 2.37. The largest absolute Gasteiger partial charge is 0.490 e. The lowest BCUT2D eigenvalue weighted by Gasteiger charge is -2.19. The predicted octanol–water partition coefficient (Wildman–Crippen LogP) is 5.16. The van der Waals surface area contributed by atoms with Crippen LogP contribution in [0.4, 0.5) is 32.2 Å². The summed E-state index contributed by atoms with van der Waals surface area (Å²) in [6.07, 6.45) is -9.11. The molecule has 1 unspecified atom stereocenters. The zero-order valence-corrected chi connectivity index (χ0v) is 23.4. The second-order valence-electron chi connectivity index (χ2n) is 9.78. The van der Waals surface area contributed by atoms with Crippen molar-refractivity contribution in [2.45, 2.75) is 38.2 Å². The van der Waals surface area contributed by atoms with Gasteiger partial charge in [-0.25, -0.2) is 4.79 Å². The Morgan fingerprint density at radius 1 is 0.977 bits per heavy atom. The Hall–Kier alpha value is -3.78. The molecular formula is C28H26ClF6N3O5. The van der Waals surface area contributed by atoms with Crippen molar-refractivity contribution in [2.24, 2.45) is 18.0 Å². The molecular weight excluding hydrogens is 608 g/mol. The van der Waals surface area contributed by atoms with E-state index < -0.39 is 59.6 Å². The van der Waals surface area contributed by atoms with Crippen LogP contribution in [-0.4, -0.2) is 40.0 Å². The minimum absolute atomic E-state index is 0.00122. The molecule has 1 atom stereocenters. The Bertz CT molecular complexity index is 1580. The molecule has 232 valence electrons. The number of aromatic nitrogens is 2. The number of hydrogen-bond donors (Lipinski definition) is 1. The molecule has 1 aliphatic rings. The number of rotatable bonds is 8. The van der Waals surface area contributed by atoms with Gasteiger partial charge in [0.05, 0.1) is 29.8 Å². The lowest BCUT2D eigenvalue weighted by atomic mass is 9.93. The average Bonchev–Trinajstić information content (AvgIpc) is 3.12. The van der Waals surface area contributed by atoms with Gasteiger partial charge in [0, 0.05) is 18.0 Å². The summed E-state index contributed by atoms with van der Waals surface area (Å²) in [5.41, 5.74) is -3.25. The van der Waals surface area contributed by atoms with Crippen molar-refractivity contribution in [3.8, 4) is 5.75 Å². The highest BCUT2D eigenvalue weighted by Crippen LogP contribution is 2.38. The number of nitrogens with zero attached hydrogens (tertiary/aromatic N) is 3. The van der Waals surface area contributed by atoms with Gasteiger partial charge < -0.3 is 14.6 Å². The number of halogens is 7. The molecule has 8 nitrogen and oxygen atoms in total. The number of aliphatic hydroxyl groups excluding tert-OH is 1. The number of fused-ring (bicyclic) bond motifs is 1. The smallest absolute Gasteiger partial charge is 0.416 e. The Morgan fingerprint density at radius 2 is 1.58 bits per heavy atom. The van der Waals surface area contributed by atoms with Gasteiger partial charge in [-0.3, -0.25) is 13.9 Å². The van der Waals surface area contributed by atoms with Crippen LogP contribution in [-0.2, 0) is 43.5 Å². The van der Waals surface area contributed by atoms with Crippen LogP contribution in [0.15, 0.2) is 57.0 Å². The van der Waals surface area contributed by atoms with E-state index in [9.17, 15) is 41.0 Å². The summed E-state index contributed by atoms with van der Waals surface area (Å²) in [7, 11) is 1.41. The number of aliphatic hydroxyl groups is 1. The first kappa shape index (κ1) is 32.1. The molecule has 15 heteroatoms. The van der Waals surface area contributed by atoms with Gasteiger partial charge in [0.15, 0.2) is 5.90 Å². The van der Waals surface area contributed by atoms with Gasteiger partial charge in [-0.05, 0) is 55.2 Å². The second-order valence-corrected chi connectivity index (χ2v) is 10.2. The first-order valence-electron chi connectivity index (χ1n) is 13.0. The molecule has 43 heavy (non-hydrogen) atoms. The van der Waals surface area contributed by atoms with E-state index in [-0.39, 0.29) is 42.9 Å². The van der Waals surface area contributed by atoms with E-state index in [1.165, 1.54) is 7.05 Å². The zero-order chi connectivity index (χ0) is 31.5. The van der Waals surface area contributed by atoms with Crippen LogP contribution in [0.3, 0.4) is 0 Å². The quantitative estimate of drug-likeness (QED) is 0.273. The molecule has 0 radical (unpaired) electrons. The number of alkyl halides is 6. The number of benzene rings is 2. The predicted molar refractivity (Wildman–Crippen MR) is 145 cm³/mol. The fraction of sp³-hybridized carbons (Fsp3) is 0.393. The Kier molecular flexibility index (Phi) is 9.60. The Morgan fingerprint density at radius 3 is 2.16 bits per heavy atom. The maximum Gasteiger partial charge on any atom is 0.416 e. The number of hydrogen-bond acceptors (Lipinski definition) is 6. The van der Waals surface area contributed by atoms with E-state index in [4.69, 9.17) is 21.1 Å². The first-order valence-corrected chi connectivity index (χ1v) is 13.4. The Balaban J connectivity index is 1.62. The standard InChI is InChI=1S/C28H26ClF6N3O5/c1-37-23-22(25(40)38(8-9-39)26(37)41)7-4-17(12-16-2-5-20(29)6-3-16)24(36-23)43-11-10-42-21-14-18(27(30,31)32)13-19(15-21)28(33,34)35/h2-3,5-6,13-15,17,39H,4,7-12H2,1H3. The summed E-state index contributed by atoms with van der Waals surface area (Å²) in [6.45, 7) is -1.39. The van der Waals surface area contributed by atoms with Crippen molar-refractivity contribution < 1.29 is 40.9 Å². The summed E-state index contributed by atoms with van der Waals surface area (Å²) in [4.78, 5) is 30.4. The molecule has 0 saturated heterocycles. The van der Waals surface area contributed by atoms with E-state index >= 15 is 0 Å². The van der Waals surface area contributed by atoms with Crippen LogP contribution in [0.25, 0.3) is 0 Å².